The molecule has 1 aromatic carbocycles. The van der Waals surface area contributed by atoms with Gasteiger partial charge in [0, 0.05) is 12.3 Å². The highest BCUT2D eigenvalue weighted by Crippen LogP contribution is 2.22. The second-order valence-electron chi connectivity index (χ2n) is 4.36. The van der Waals surface area contributed by atoms with Gasteiger partial charge in [0.1, 0.15) is 5.82 Å². The zero-order chi connectivity index (χ0) is 15.4. The first-order chi connectivity index (χ1) is 10.0. The normalized spacial score (nSPS) is 10.8. The predicted molar refractivity (Wildman–Crippen MR) is 76.1 cm³/mol. The molecule has 0 radical (unpaired) electrons. The van der Waals surface area contributed by atoms with Gasteiger partial charge in [-0.1, -0.05) is 18.7 Å². The number of aromatic nitrogens is 3. The molecule has 0 aliphatic carbocycles. The number of hydrogen-bond acceptors (Lipinski definition) is 4. The van der Waals surface area contributed by atoms with E-state index in [1.54, 1.807) is 0 Å². The van der Waals surface area contributed by atoms with Crippen LogP contribution in [0, 0.1) is 5.82 Å². The lowest BCUT2D eigenvalue weighted by Crippen LogP contribution is -2.17. The number of aromatic carboxylic acids is 1. The Labute approximate surface area is 124 Å². The third-order valence-electron chi connectivity index (χ3n) is 2.82. The Hall–Kier alpha value is -2.09. The van der Waals surface area contributed by atoms with Gasteiger partial charge in [-0.15, -0.1) is 5.10 Å². The van der Waals surface area contributed by atoms with E-state index in [4.69, 9.17) is 5.11 Å². The van der Waals surface area contributed by atoms with Crippen molar-refractivity contribution in [3.05, 3.63) is 45.6 Å². The molecule has 0 unspecified atom stereocenters. The van der Waals surface area contributed by atoms with Gasteiger partial charge in [0.25, 0.3) is 0 Å². The summed E-state index contributed by atoms with van der Waals surface area (Å²) in [7, 11) is 0. The van der Waals surface area contributed by atoms with Gasteiger partial charge in [-0.3, -0.25) is 4.57 Å². The van der Waals surface area contributed by atoms with E-state index in [0.29, 0.717) is 11.7 Å². The van der Waals surface area contributed by atoms with Crippen LogP contribution in [0.4, 0.5) is 4.39 Å². The van der Waals surface area contributed by atoms with Crippen molar-refractivity contribution in [2.75, 3.05) is 0 Å². The third kappa shape index (κ3) is 3.52. The van der Waals surface area contributed by atoms with Crippen LogP contribution in [0.15, 0.2) is 28.2 Å². The minimum atomic E-state index is -1.11. The highest BCUT2D eigenvalue weighted by Gasteiger charge is 2.12. The predicted octanol–water partition coefficient (Wildman–Crippen LogP) is 2.11. The third-order valence-corrected chi connectivity index (χ3v) is 3.85. The van der Waals surface area contributed by atoms with E-state index in [9.17, 15) is 14.0 Å². The molecule has 1 heterocycles. The number of aromatic amines is 1. The van der Waals surface area contributed by atoms with Gasteiger partial charge in [0.05, 0.1) is 5.56 Å². The molecule has 2 N–H and O–H groups in total. The molecular formula is C13H14FN3O3S. The Balaban J connectivity index is 2.18. The molecule has 2 rings (SSSR count). The fraction of sp³-hybridized carbons (Fsp3) is 0.308. The smallest absolute Gasteiger partial charge is 0.343 e. The summed E-state index contributed by atoms with van der Waals surface area (Å²) in [5.41, 5.74) is -0.0162. The minimum Gasteiger partial charge on any atom is -0.478 e. The van der Waals surface area contributed by atoms with Gasteiger partial charge in [-0.25, -0.2) is 19.1 Å². The lowest BCUT2D eigenvalue weighted by molar-refractivity contribution is 0.0696. The van der Waals surface area contributed by atoms with Gasteiger partial charge >= 0.3 is 11.7 Å². The van der Waals surface area contributed by atoms with Crippen molar-refractivity contribution < 1.29 is 14.3 Å². The molecule has 112 valence electrons. The second kappa shape index (κ2) is 6.57. The number of nitrogens with zero attached hydrogens (tertiary/aromatic N) is 2. The largest absolute Gasteiger partial charge is 0.478 e. The average molecular weight is 311 g/mol. The number of carboxylic acids is 1. The Morgan fingerprint density at radius 2 is 2.29 bits per heavy atom. The number of rotatable bonds is 6. The van der Waals surface area contributed by atoms with Gasteiger partial charge in [0.2, 0.25) is 0 Å². The summed E-state index contributed by atoms with van der Waals surface area (Å²) < 4.78 is 15.2. The van der Waals surface area contributed by atoms with Gasteiger partial charge < -0.3 is 5.11 Å². The zero-order valence-corrected chi connectivity index (χ0v) is 12.1. The lowest BCUT2D eigenvalue weighted by Gasteiger charge is -2.05. The van der Waals surface area contributed by atoms with Crippen LogP contribution in [-0.4, -0.2) is 25.8 Å². The lowest BCUT2D eigenvalue weighted by atomic mass is 10.1. The van der Waals surface area contributed by atoms with Crippen LogP contribution in [0.3, 0.4) is 0 Å². The van der Waals surface area contributed by atoms with Crippen molar-refractivity contribution in [2.24, 2.45) is 0 Å². The van der Waals surface area contributed by atoms with Crippen LogP contribution in [-0.2, 0) is 12.3 Å². The van der Waals surface area contributed by atoms with Crippen molar-refractivity contribution >= 4 is 17.7 Å². The first-order valence-electron chi connectivity index (χ1n) is 6.32. The van der Waals surface area contributed by atoms with Crippen LogP contribution in [0.1, 0.15) is 29.3 Å². The molecule has 6 nitrogen and oxygen atoms in total. The molecule has 0 saturated carbocycles. The minimum absolute atomic E-state index is 0.0278. The SMILES string of the molecule is CCCn1c(SCc2cc(C(=O)O)ccc2F)n[nH]c1=O. The summed E-state index contributed by atoms with van der Waals surface area (Å²) >= 11 is 1.18. The summed E-state index contributed by atoms with van der Waals surface area (Å²) in [6.45, 7) is 2.46. The summed E-state index contributed by atoms with van der Waals surface area (Å²) in [5, 5.41) is 15.6. The van der Waals surface area contributed by atoms with E-state index in [1.807, 2.05) is 6.92 Å². The standard InChI is InChI=1S/C13H14FN3O3S/c1-2-5-17-12(20)15-16-13(17)21-7-9-6-8(11(18)19)3-4-10(9)14/h3-4,6H,2,5,7H2,1H3,(H,15,20)(H,18,19). The number of thioether (sulfide) groups is 1. The van der Waals surface area contributed by atoms with Crippen molar-refractivity contribution in [1.29, 1.82) is 0 Å². The highest BCUT2D eigenvalue weighted by molar-refractivity contribution is 7.98. The Kier molecular flexibility index (Phi) is 4.79. The molecule has 0 saturated heterocycles. The monoisotopic (exact) mass is 311 g/mol. The molecular weight excluding hydrogens is 297 g/mol. The molecule has 0 aliphatic heterocycles. The van der Waals surface area contributed by atoms with E-state index in [0.717, 1.165) is 12.5 Å². The number of nitrogens with one attached hydrogen (secondary N) is 1. The van der Waals surface area contributed by atoms with E-state index < -0.39 is 11.8 Å². The highest BCUT2D eigenvalue weighted by atomic mass is 32.2. The summed E-state index contributed by atoms with van der Waals surface area (Å²) in [4.78, 5) is 22.4. The van der Waals surface area contributed by atoms with E-state index in [-0.39, 0.29) is 22.6 Å². The molecule has 0 bridgehead atoms. The Morgan fingerprint density at radius 1 is 1.52 bits per heavy atom. The van der Waals surface area contributed by atoms with Crippen LogP contribution >= 0.6 is 11.8 Å². The fourth-order valence-corrected chi connectivity index (χ4v) is 2.74. The molecule has 8 heteroatoms. The van der Waals surface area contributed by atoms with Crippen molar-refractivity contribution in [1.82, 2.24) is 14.8 Å². The molecule has 2 aromatic rings. The van der Waals surface area contributed by atoms with Crippen LogP contribution in [0.2, 0.25) is 0 Å². The van der Waals surface area contributed by atoms with Crippen molar-refractivity contribution in [3.8, 4) is 0 Å². The number of hydrogen-bond donors (Lipinski definition) is 2. The Morgan fingerprint density at radius 3 is 2.95 bits per heavy atom. The number of halogens is 1. The quantitative estimate of drug-likeness (QED) is 0.798. The molecule has 0 spiro atoms. The topological polar surface area (TPSA) is 88.0 Å². The number of benzene rings is 1. The van der Waals surface area contributed by atoms with Crippen molar-refractivity contribution in [3.63, 3.8) is 0 Å². The number of H-pyrrole nitrogens is 1. The van der Waals surface area contributed by atoms with E-state index >= 15 is 0 Å². The molecule has 0 atom stereocenters. The van der Waals surface area contributed by atoms with Crippen LogP contribution in [0.25, 0.3) is 0 Å². The van der Waals surface area contributed by atoms with Crippen molar-refractivity contribution in [2.45, 2.75) is 30.8 Å². The van der Waals surface area contributed by atoms with Crippen LogP contribution < -0.4 is 5.69 Å². The average Bonchev–Trinajstić information content (AvgIpc) is 2.79. The maximum atomic E-state index is 13.7. The second-order valence-corrected chi connectivity index (χ2v) is 5.31. The van der Waals surface area contributed by atoms with E-state index in [1.165, 1.54) is 28.5 Å². The summed E-state index contributed by atoms with van der Waals surface area (Å²) in [5.74, 6) is -1.39. The molecule has 0 amide bonds. The van der Waals surface area contributed by atoms with Gasteiger partial charge in [-0.2, -0.15) is 0 Å². The number of carboxylic acid groups (broad SMARTS) is 1. The van der Waals surface area contributed by atoms with Gasteiger partial charge in [0.15, 0.2) is 5.16 Å². The maximum Gasteiger partial charge on any atom is 0.343 e. The molecule has 0 fully saturated rings. The van der Waals surface area contributed by atoms with Crippen LogP contribution in [0.5, 0.6) is 0 Å². The first kappa shape index (κ1) is 15.3. The van der Waals surface area contributed by atoms with Gasteiger partial charge in [-0.05, 0) is 30.2 Å². The number of carbonyl (C=O) groups is 1. The molecule has 1 aromatic heterocycles. The Bertz CT molecular complexity index is 711. The summed E-state index contributed by atoms with van der Waals surface area (Å²) in [6.07, 6.45) is 0.774. The molecule has 21 heavy (non-hydrogen) atoms. The first-order valence-corrected chi connectivity index (χ1v) is 7.31. The fourth-order valence-electron chi connectivity index (χ4n) is 1.79. The molecule has 0 aliphatic rings. The summed E-state index contributed by atoms with van der Waals surface area (Å²) in [6, 6.07) is 3.63. The van der Waals surface area contributed by atoms with E-state index in [2.05, 4.69) is 10.2 Å². The zero-order valence-electron chi connectivity index (χ0n) is 11.3. The maximum absolute atomic E-state index is 13.7.